The Hall–Kier alpha value is -1.14. The highest BCUT2D eigenvalue weighted by Crippen LogP contribution is 2.35. The summed E-state index contributed by atoms with van der Waals surface area (Å²) in [6.45, 7) is 24.2. The van der Waals surface area contributed by atoms with Crippen molar-refractivity contribution in [3.05, 3.63) is 0 Å². The number of nitrogens with zero attached hydrogens (tertiary/aromatic N) is 1. The number of ether oxygens (including phenoxy) is 2. The van der Waals surface area contributed by atoms with Crippen LogP contribution >= 0.6 is 0 Å². The lowest BCUT2D eigenvalue weighted by Crippen LogP contribution is -2.56. The smallest absolute Gasteiger partial charge is 0.243 e. The molecule has 2 amide bonds. The molecule has 0 bridgehead atoms. The summed E-state index contributed by atoms with van der Waals surface area (Å²) in [6.07, 6.45) is 8.37. The zero-order chi connectivity index (χ0) is 27.8. The molecule has 36 heavy (non-hydrogen) atoms. The summed E-state index contributed by atoms with van der Waals surface area (Å²) in [6, 6.07) is -0.423. The van der Waals surface area contributed by atoms with Crippen molar-refractivity contribution in [1.29, 1.82) is 0 Å². The van der Waals surface area contributed by atoms with Crippen molar-refractivity contribution in [3.63, 3.8) is 0 Å². The quantitative estimate of drug-likeness (QED) is 0.252. The molecule has 212 valence electrons. The first-order chi connectivity index (χ1) is 16.5. The van der Waals surface area contributed by atoms with Crippen LogP contribution in [-0.4, -0.2) is 58.8 Å². The van der Waals surface area contributed by atoms with Crippen molar-refractivity contribution in [2.75, 3.05) is 13.2 Å². The van der Waals surface area contributed by atoms with E-state index in [0.717, 1.165) is 38.5 Å². The van der Waals surface area contributed by atoms with Gasteiger partial charge in [-0.3, -0.25) is 9.59 Å². The number of hydrogen-bond donors (Lipinski definition) is 1. The van der Waals surface area contributed by atoms with E-state index in [0.29, 0.717) is 32.4 Å². The van der Waals surface area contributed by atoms with Gasteiger partial charge in [0.2, 0.25) is 11.8 Å². The highest BCUT2D eigenvalue weighted by Gasteiger charge is 2.44. The third kappa shape index (κ3) is 10.7. The number of likely N-dealkylation sites (tertiary alicyclic amines) is 1. The van der Waals surface area contributed by atoms with Gasteiger partial charge in [-0.15, -0.1) is 0 Å². The van der Waals surface area contributed by atoms with Crippen LogP contribution in [0, 0.1) is 5.41 Å². The number of carbonyl (C=O) groups is 2. The Morgan fingerprint density at radius 3 is 2.00 bits per heavy atom. The van der Waals surface area contributed by atoms with Crippen molar-refractivity contribution < 1.29 is 19.1 Å². The van der Waals surface area contributed by atoms with Crippen LogP contribution in [0.5, 0.6) is 0 Å². The van der Waals surface area contributed by atoms with Crippen LogP contribution in [0.25, 0.3) is 0 Å². The van der Waals surface area contributed by atoms with Crippen LogP contribution in [0.4, 0.5) is 0 Å². The Balaban J connectivity index is 2.86. The van der Waals surface area contributed by atoms with E-state index in [1.165, 1.54) is 0 Å². The highest BCUT2D eigenvalue weighted by molar-refractivity contribution is 5.90. The molecule has 1 saturated heterocycles. The van der Waals surface area contributed by atoms with Crippen LogP contribution in [-0.2, 0) is 19.1 Å². The summed E-state index contributed by atoms with van der Waals surface area (Å²) in [4.78, 5) is 28.9. The van der Waals surface area contributed by atoms with E-state index in [1.807, 2.05) is 32.6 Å². The summed E-state index contributed by atoms with van der Waals surface area (Å²) < 4.78 is 12.5. The molecule has 1 N–H and O–H groups in total. The molecule has 0 saturated carbocycles. The molecule has 1 unspecified atom stereocenters. The summed E-state index contributed by atoms with van der Waals surface area (Å²) in [5.41, 5.74) is -1.82. The minimum atomic E-state index is -0.612. The van der Waals surface area contributed by atoms with E-state index in [9.17, 15) is 9.59 Å². The number of nitrogens with one attached hydrogen (secondary N) is 1. The summed E-state index contributed by atoms with van der Waals surface area (Å²) in [7, 11) is 0. The molecule has 1 rings (SSSR count). The fraction of sp³-hybridized carbons (Fsp3) is 0.933. The first kappa shape index (κ1) is 32.9. The Bertz CT molecular complexity index is 693. The average Bonchev–Trinajstić information content (AvgIpc) is 3.19. The Kier molecular flexibility index (Phi) is 12.4. The first-order valence-electron chi connectivity index (χ1n) is 14.4. The van der Waals surface area contributed by atoms with Crippen molar-refractivity contribution in [2.45, 2.75) is 163 Å². The normalized spacial score (nSPS) is 17.7. The van der Waals surface area contributed by atoms with Crippen LogP contribution in [0.2, 0.25) is 0 Å². The zero-order valence-corrected chi connectivity index (χ0v) is 25.5. The van der Waals surface area contributed by atoms with E-state index in [2.05, 4.69) is 53.8 Å². The van der Waals surface area contributed by atoms with Gasteiger partial charge in [-0.05, 0) is 86.5 Å². The summed E-state index contributed by atoms with van der Waals surface area (Å²) >= 11 is 0. The molecule has 1 aliphatic rings. The summed E-state index contributed by atoms with van der Waals surface area (Å²) in [5.74, 6) is -0.0191. The standard InChI is InChI=1S/C30H58N2O4/c1-12-16-23(17-13-2)36-30(10,11)22-28(6,7)31-25(33)24-18-15-19-32(24)26(34)27(4,5)21-29(8,9)35-20-14-3/h23-24H,12-22H2,1-11H3,(H,31,33). The number of hydrogen-bond acceptors (Lipinski definition) is 4. The molecule has 6 nitrogen and oxygen atoms in total. The van der Waals surface area contributed by atoms with Gasteiger partial charge in [0.1, 0.15) is 6.04 Å². The van der Waals surface area contributed by atoms with Gasteiger partial charge in [-0.2, -0.15) is 0 Å². The SMILES string of the molecule is CCCOC(C)(C)CC(C)(C)C(=O)N1CCCC1C(=O)NC(C)(C)CC(C)(C)OC(CCC)CCC. The Labute approximate surface area is 222 Å². The number of amides is 2. The fourth-order valence-electron chi connectivity index (χ4n) is 6.16. The second-order valence-electron chi connectivity index (χ2n) is 13.5. The number of rotatable bonds is 16. The molecule has 0 aromatic heterocycles. The van der Waals surface area contributed by atoms with Crippen LogP contribution in [0.15, 0.2) is 0 Å². The molecule has 0 radical (unpaired) electrons. The van der Waals surface area contributed by atoms with Gasteiger partial charge in [0, 0.05) is 24.1 Å². The molecule has 1 atom stereocenters. The van der Waals surface area contributed by atoms with Gasteiger partial charge < -0.3 is 19.7 Å². The predicted molar refractivity (Wildman–Crippen MR) is 149 cm³/mol. The molecular weight excluding hydrogens is 452 g/mol. The fourth-order valence-corrected chi connectivity index (χ4v) is 6.16. The molecule has 1 aliphatic heterocycles. The van der Waals surface area contributed by atoms with Gasteiger partial charge in [-0.25, -0.2) is 0 Å². The molecule has 1 fully saturated rings. The largest absolute Gasteiger partial charge is 0.376 e. The monoisotopic (exact) mass is 510 g/mol. The van der Waals surface area contributed by atoms with E-state index >= 15 is 0 Å². The Morgan fingerprint density at radius 1 is 0.889 bits per heavy atom. The average molecular weight is 511 g/mol. The lowest BCUT2D eigenvalue weighted by molar-refractivity contribution is -0.150. The molecule has 0 spiro atoms. The van der Waals surface area contributed by atoms with Crippen LogP contribution in [0.3, 0.4) is 0 Å². The minimum Gasteiger partial charge on any atom is -0.376 e. The minimum absolute atomic E-state index is 0.0387. The van der Waals surface area contributed by atoms with E-state index in [-0.39, 0.29) is 23.5 Å². The van der Waals surface area contributed by atoms with E-state index in [4.69, 9.17) is 9.47 Å². The lowest BCUT2D eigenvalue weighted by Gasteiger charge is -2.40. The van der Waals surface area contributed by atoms with Gasteiger partial charge in [-0.1, -0.05) is 47.5 Å². The van der Waals surface area contributed by atoms with Crippen molar-refractivity contribution >= 4 is 11.8 Å². The van der Waals surface area contributed by atoms with Crippen molar-refractivity contribution in [3.8, 4) is 0 Å². The van der Waals surface area contributed by atoms with Gasteiger partial charge in [0.15, 0.2) is 0 Å². The second kappa shape index (κ2) is 13.6. The highest BCUT2D eigenvalue weighted by atomic mass is 16.5. The van der Waals surface area contributed by atoms with Gasteiger partial charge in [0.05, 0.1) is 17.3 Å². The molecule has 0 aromatic carbocycles. The predicted octanol–water partition coefficient (Wildman–Crippen LogP) is 6.65. The molecule has 1 heterocycles. The maximum atomic E-state index is 13.6. The summed E-state index contributed by atoms with van der Waals surface area (Å²) in [5, 5.41) is 3.27. The van der Waals surface area contributed by atoms with Gasteiger partial charge >= 0.3 is 0 Å². The zero-order valence-electron chi connectivity index (χ0n) is 25.5. The molecule has 0 aliphatic carbocycles. The topological polar surface area (TPSA) is 67.9 Å². The Morgan fingerprint density at radius 2 is 1.47 bits per heavy atom. The van der Waals surface area contributed by atoms with Gasteiger partial charge in [0.25, 0.3) is 0 Å². The second-order valence-corrected chi connectivity index (χ2v) is 13.5. The maximum absolute atomic E-state index is 13.6. The third-order valence-electron chi connectivity index (χ3n) is 7.00. The maximum Gasteiger partial charge on any atom is 0.243 e. The first-order valence-corrected chi connectivity index (χ1v) is 14.4. The van der Waals surface area contributed by atoms with Crippen LogP contribution < -0.4 is 5.32 Å². The molecule has 0 aromatic rings. The van der Waals surface area contributed by atoms with Crippen LogP contribution in [0.1, 0.15) is 134 Å². The van der Waals surface area contributed by atoms with E-state index in [1.54, 1.807) is 0 Å². The number of carbonyl (C=O) groups excluding carboxylic acids is 2. The lowest BCUT2D eigenvalue weighted by atomic mass is 9.80. The van der Waals surface area contributed by atoms with Crippen molar-refractivity contribution in [1.82, 2.24) is 10.2 Å². The van der Waals surface area contributed by atoms with E-state index < -0.39 is 22.6 Å². The third-order valence-corrected chi connectivity index (χ3v) is 7.00. The van der Waals surface area contributed by atoms with Crippen molar-refractivity contribution in [2.24, 2.45) is 5.41 Å². The molecule has 6 heteroatoms. The molecular formula is C30H58N2O4.